The van der Waals surface area contributed by atoms with Gasteiger partial charge in [0, 0.05) is 38.0 Å². The summed E-state index contributed by atoms with van der Waals surface area (Å²) < 4.78 is 5.44. The first-order valence-electron chi connectivity index (χ1n) is 8.84. The quantitative estimate of drug-likeness (QED) is 0.865. The van der Waals surface area contributed by atoms with Gasteiger partial charge in [0.2, 0.25) is 5.91 Å². The van der Waals surface area contributed by atoms with Gasteiger partial charge in [-0.05, 0) is 37.1 Å². The van der Waals surface area contributed by atoms with Gasteiger partial charge in [0.25, 0.3) is 0 Å². The lowest BCUT2D eigenvalue weighted by atomic mass is 10.1. The topological polar surface area (TPSA) is 60.5 Å². The lowest BCUT2D eigenvalue weighted by Gasteiger charge is -2.24. The number of para-hydroxylation sites is 1. The zero-order valence-corrected chi connectivity index (χ0v) is 14.1. The first kappa shape index (κ1) is 15.8. The Morgan fingerprint density at radius 1 is 1.12 bits per heavy atom. The Labute approximate surface area is 147 Å². The Morgan fingerprint density at radius 3 is 2.80 bits per heavy atom. The molecule has 5 heteroatoms. The molecule has 1 aromatic carbocycles. The molecule has 0 unspecified atom stereocenters. The first-order valence-corrected chi connectivity index (χ1v) is 8.84. The molecule has 2 aromatic rings. The predicted octanol–water partition coefficient (Wildman–Crippen LogP) is 2.99. The van der Waals surface area contributed by atoms with Gasteiger partial charge in [0.15, 0.2) is 0 Å². The normalized spacial score (nSPS) is 23.0. The number of anilines is 1. The van der Waals surface area contributed by atoms with Gasteiger partial charge in [-0.15, -0.1) is 0 Å². The summed E-state index contributed by atoms with van der Waals surface area (Å²) in [5.41, 5.74) is 1.67. The lowest BCUT2D eigenvalue weighted by molar-refractivity contribution is -0.132. The number of carbonyl (C=O) groups excluding carboxylic acids is 1. The second kappa shape index (κ2) is 6.64. The molecule has 1 saturated carbocycles. The van der Waals surface area contributed by atoms with Gasteiger partial charge in [-0.25, -0.2) is 0 Å². The van der Waals surface area contributed by atoms with Crippen LogP contribution in [-0.2, 0) is 4.79 Å². The van der Waals surface area contributed by atoms with Crippen LogP contribution in [-0.4, -0.2) is 37.0 Å². The van der Waals surface area contributed by atoms with Gasteiger partial charge in [0.1, 0.15) is 11.8 Å². The predicted molar refractivity (Wildman–Crippen MR) is 94.1 cm³/mol. The highest BCUT2D eigenvalue weighted by Gasteiger charge is 2.47. The van der Waals surface area contributed by atoms with E-state index in [4.69, 9.17) is 4.42 Å². The minimum Gasteiger partial charge on any atom is -0.469 e. The van der Waals surface area contributed by atoms with Crippen LogP contribution in [0.15, 0.2) is 47.1 Å². The van der Waals surface area contributed by atoms with Crippen molar-refractivity contribution in [2.75, 3.05) is 31.1 Å². The van der Waals surface area contributed by atoms with Crippen molar-refractivity contribution in [2.45, 2.75) is 18.8 Å². The smallest absolute Gasteiger partial charge is 0.226 e. The average Bonchev–Trinajstić information content (AvgIpc) is 3.34. The number of carbonyl (C=O) groups is 1. The molecule has 0 N–H and O–H groups in total. The summed E-state index contributed by atoms with van der Waals surface area (Å²) in [4.78, 5) is 17.0. The molecule has 1 amide bonds. The maximum atomic E-state index is 12.8. The number of rotatable bonds is 3. The zero-order valence-electron chi connectivity index (χ0n) is 14.1. The van der Waals surface area contributed by atoms with Crippen LogP contribution in [0.3, 0.4) is 0 Å². The molecule has 1 aliphatic heterocycles. The van der Waals surface area contributed by atoms with Crippen LogP contribution in [0.25, 0.3) is 0 Å². The Hall–Kier alpha value is -2.74. The van der Waals surface area contributed by atoms with Crippen molar-refractivity contribution >= 4 is 11.6 Å². The highest BCUT2D eigenvalue weighted by Crippen LogP contribution is 2.48. The Balaban J connectivity index is 1.40. The average molecular weight is 335 g/mol. The molecule has 5 nitrogen and oxygen atoms in total. The van der Waals surface area contributed by atoms with E-state index in [1.807, 2.05) is 41.3 Å². The summed E-state index contributed by atoms with van der Waals surface area (Å²) in [5, 5.41) is 9.31. The van der Waals surface area contributed by atoms with Crippen LogP contribution in [0.5, 0.6) is 0 Å². The van der Waals surface area contributed by atoms with Crippen LogP contribution in [0.2, 0.25) is 0 Å². The van der Waals surface area contributed by atoms with E-state index < -0.39 is 0 Å². The van der Waals surface area contributed by atoms with Gasteiger partial charge >= 0.3 is 0 Å². The van der Waals surface area contributed by atoms with E-state index in [0.717, 1.165) is 43.9 Å². The van der Waals surface area contributed by atoms with Gasteiger partial charge in [-0.1, -0.05) is 12.1 Å². The van der Waals surface area contributed by atoms with Crippen molar-refractivity contribution in [1.82, 2.24) is 4.90 Å². The van der Waals surface area contributed by atoms with Gasteiger partial charge < -0.3 is 14.2 Å². The van der Waals surface area contributed by atoms with Crippen molar-refractivity contribution in [3.8, 4) is 6.07 Å². The molecular formula is C20H21N3O2. The molecule has 1 aliphatic carbocycles. The number of nitrogens with zero attached hydrogens (tertiary/aromatic N) is 3. The van der Waals surface area contributed by atoms with Crippen LogP contribution in [0.4, 0.5) is 5.69 Å². The molecule has 0 bridgehead atoms. The number of nitriles is 1. The number of benzene rings is 1. The summed E-state index contributed by atoms with van der Waals surface area (Å²) in [7, 11) is 0. The summed E-state index contributed by atoms with van der Waals surface area (Å²) in [6, 6.07) is 13.8. The largest absolute Gasteiger partial charge is 0.469 e. The molecule has 0 radical (unpaired) electrons. The fourth-order valence-corrected chi connectivity index (χ4v) is 3.74. The van der Waals surface area contributed by atoms with Crippen molar-refractivity contribution in [2.24, 2.45) is 5.92 Å². The first-order chi connectivity index (χ1) is 12.3. The Kier molecular flexibility index (Phi) is 4.19. The molecule has 128 valence electrons. The lowest BCUT2D eigenvalue weighted by Crippen LogP contribution is -2.36. The second-order valence-corrected chi connectivity index (χ2v) is 6.76. The second-order valence-electron chi connectivity index (χ2n) is 6.76. The van der Waals surface area contributed by atoms with Crippen LogP contribution >= 0.6 is 0 Å². The summed E-state index contributed by atoms with van der Waals surface area (Å²) in [6.45, 7) is 3.13. The third kappa shape index (κ3) is 3.12. The standard InChI is InChI=1S/C20H21N3O2/c21-14-15-5-1-2-6-18(15)22-8-4-9-23(11-10-22)20(24)17-13-16(17)19-7-3-12-25-19/h1-3,5-7,12,16-17H,4,8-11,13H2/t16-,17+/m1/s1. The maximum absolute atomic E-state index is 12.8. The number of hydrogen-bond acceptors (Lipinski definition) is 4. The molecule has 0 spiro atoms. The third-order valence-corrected chi connectivity index (χ3v) is 5.19. The van der Waals surface area contributed by atoms with Crippen LogP contribution in [0, 0.1) is 17.2 Å². The number of amides is 1. The monoisotopic (exact) mass is 335 g/mol. The zero-order chi connectivity index (χ0) is 17.2. The van der Waals surface area contributed by atoms with E-state index in [1.165, 1.54) is 0 Å². The van der Waals surface area contributed by atoms with Gasteiger partial charge in [-0.2, -0.15) is 5.26 Å². The fraction of sp³-hybridized carbons (Fsp3) is 0.400. The Morgan fingerprint density at radius 2 is 2.00 bits per heavy atom. The molecule has 2 fully saturated rings. The fourth-order valence-electron chi connectivity index (χ4n) is 3.74. The third-order valence-electron chi connectivity index (χ3n) is 5.19. The molecule has 25 heavy (non-hydrogen) atoms. The number of hydrogen-bond donors (Lipinski definition) is 0. The van der Waals surface area contributed by atoms with E-state index in [0.29, 0.717) is 12.1 Å². The molecule has 4 rings (SSSR count). The van der Waals surface area contributed by atoms with E-state index in [9.17, 15) is 10.1 Å². The molecule has 2 atom stereocenters. The summed E-state index contributed by atoms with van der Waals surface area (Å²) in [5.74, 6) is 1.50. The van der Waals surface area contributed by atoms with Crippen molar-refractivity contribution in [1.29, 1.82) is 5.26 Å². The maximum Gasteiger partial charge on any atom is 0.226 e. The molecule has 1 saturated heterocycles. The van der Waals surface area contributed by atoms with Gasteiger partial charge in [0.05, 0.1) is 17.5 Å². The van der Waals surface area contributed by atoms with E-state index in [-0.39, 0.29) is 17.7 Å². The van der Waals surface area contributed by atoms with E-state index in [2.05, 4.69) is 11.0 Å². The van der Waals surface area contributed by atoms with Gasteiger partial charge in [-0.3, -0.25) is 4.79 Å². The highest BCUT2D eigenvalue weighted by atomic mass is 16.3. The van der Waals surface area contributed by atoms with E-state index >= 15 is 0 Å². The molecule has 2 heterocycles. The van der Waals surface area contributed by atoms with Crippen molar-refractivity contribution in [3.05, 3.63) is 54.0 Å². The summed E-state index contributed by atoms with van der Waals surface area (Å²) in [6.07, 6.45) is 3.49. The van der Waals surface area contributed by atoms with Crippen molar-refractivity contribution < 1.29 is 9.21 Å². The minimum atomic E-state index is 0.0732. The van der Waals surface area contributed by atoms with Crippen LogP contribution in [0.1, 0.15) is 30.1 Å². The van der Waals surface area contributed by atoms with Crippen LogP contribution < -0.4 is 4.90 Å². The molecular weight excluding hydrogens is 314 g/mol. The SMILES string of the molecule is N#Cc1ccccc1N1CCCN(C(=O)[C@H]2C[C@H]2c2ccco2)CC1. The number of furan rings is 1. The Bertz CT molecular complexity index is 794. The summed E-state index contributed by atoms with van der Waals surface area (Å²) >= 11 is 0. The molecule has 2 aliphatic rings. The highest BCUT2D eigenvalue weighted by molar-refractivity contribution is 5.83. The molecule has 1 aromatic heterocycles. The van der Waals surface area contributed by atoms with E-state index in [1.54, 1.807) is 6.26 Å². The van der Waals surface area contributed by atoms with Crippen molar-refractivity contribution in [3.63, 3.8) is 0 Å². The minimum absolute atomic E-state index is 0.0732.